The number of nitrogens with one attached hydrogen (secondary N) is 2. The van der Waals surface area contributed by atoms with Crippen LogP contribution in [-0.2, 0) is 21.7 Å². The van der Waals surface area contributed by atoms with Gasteiger partial charge in [-0.15, -0.1) is 0 Å². The van der Waals surface area contributed by atoms with E-state index in [0.29, 0.717) is 18.5 Å². The van der Waals surface area contributed by atoms with Gasteiger partial charge in [0.05, 0.1) is 11.2 Å². The zero-order valence-electron chi connectivity index (χ0n) is 18.9. The number of aromatic nitrogens is 1. The highest BCUT2D eigenvalue weighted by Crippen LogP contribution is 2.56. The van der Waals surface area contributed by atoms with Crippen LogP contribution in [-0.4, -0.2) is 39.5 Å². The Bertz CT molecular complexity index is 1380. The molecule has 1 aromatic heterocycles. The maximum atomic E-state index is 13.6. The third-order valence-corrected chi connectivity index (χ3v) is 7.26. The fourth-order valence-electron chi connectivity index (χ4n) is 5.37. The average molecular weight is 507 g/mol. The highest BCUT2D eigenvalue weighted by molar-refractivity contribution is 6.43. The molecule has 13 heteroatoms. The molecular formula is C23H21F4N5O4. The Labute approximate surface area is 201 Å². The number of ketones is 1. The standard InChI is InChI=1S/C23H21F4N5O4/c1-9-15(18(34)30-11-2-3-12(24)13(25)5-11)14-4-10-6-23(10,29)32(14)16(9)17(33)19(35)31-21(20(28)36)7-22(26,27)8-21/h2-3,5,10H,4,6-8,29H2,1H3,(H2,28,36)(H,30,34)(H,31,35). The number of amides is 3. The van der Waals surface area contributed by atoms with Gasteiger partial charge in [-0.2, -0.15) is 0 Å². The molecule has 3 amide bonds. The first-order chi connectivity index (χ1) is 16.7. The topological polar surface area (TPSA) is 149 Å². The van der Waals surface area contributed by atoms with Crippen LogP contribution in [0.4, 0.5) is 23.2 Å². The van der Waals surface area contributed by atoms with Crippen molar-refractivity contribution in [2.45, 2.75) is 49.7 Å². The van der Waals surface area contributed by atoms with E-state index in [1.54, 1.807) is 0 Å². The van der Waals surface area contributed by atoms with E-state index in [2.05, 4.69) is 10.6 Å². The molecule has 6 N–H and O–H groups in total. The van der Waals surface area contributed by atoms with E-state index in [9.17, 15) is 36.7 Å². The number of hydrogen-bond donors (Lipinski definition) is 4. The zero-order valence-corrected chi connectivity index (χ0v) is 18.9. The van der Waals surface area contributed by atoms with Gasteiger partial charge in [-0.3, -0.25) is 19.2 Å². The number of carbonyl (C=O) groups excluding carboxylic acids is 4. The molecule has 1 aliphatic heterocycles. The van der Waals surface area contributed by atoms with Gasteiger partial charge < -0.3 is 26.7 Å². The smallest absolute Gasteiger partial charge is 0.294 e. The Hall–Kier alpha value is -3.74. The summed E-state index contributed by atoms with van der Waals surface area (Å²) in [5.74, 6) is -10.0. The minimum atomic E-state index is -3.22. The van der Waals surface area contributed by atoms with Crippen LogP contribution in [0.1, 0.15) is 51.4 Å². The maximum absolute atomic E-state index is 13.6. The lowest BCUT2D eigenvalue weighted by Crippen LogP contribution is -2.69. The molecule has 2 saturated carbocycles. The van der Waals surface area contributed by atoms with Crippen LogP contribution in [0.15, 0.2) is 18.2 Å². The summed E-state index contributed by atoms with van der Waals surface area (Å²) in [5.41, 5.74) is 8.79. The molecule has 2 aromatic rings. The third-order valence-electron chi connectivity index (χ3n) is 7.26. The lowest BCUT2D eigenvalue weighted by molar-refractivity contribution is -0.162. The van der Waals surface area contributed by atoms with Gasteiger partial charge in [-0.1, -0.05) is 0 Å². The molecule has 190 valence electrons. The number of hydrogen-bond acceptors (Lipinski definition) is 5. The van der Waals surface area contributed by atoms with Crippen LogP contribution < -0.4 is 22.1 Å². The van der Waals surface area contributed by atoms with E-state index in [1.807, 2.05) is 0 Å². The van der Waals surface area contributed by atoms with E-state index in [1.165, 1.54) is 11.5 Å². The van der Waals surface area contributed by atoms with Crippen molar-refractivity contribution in [3.05, 3.63) is 52.3 Å². The van der Waals surface area contributed by atoms with Crippen molar-refractivity contribution < 1.29 is 36.7 Å². The molecule has 2 aliphatic carbocycles. The second-order valence-corrected chi connectivity index (χ2v) is 9.75. The number of benzene rings is 1. The first kappa shape index (κ1) is 24.0. The number of anilines is 1. The molecule has 0 spiro atoms. The van der Waals surface area contributed by atoms with Crippen molar-refractivity contribution in [3.8, 4) is 0 Å². The van der Waals surface area contributed by atoms with E-state index in [-0.39, 0.29) is 28.4 Å². The Balaban J connectivity index is 1.49. The average Bonchev–Trinajstić information content (AvgIpc) is 3.18. The zero-order chi connectivity index (χ0) is 26.4. The van der Waals surface area contributed by atoms with Gasteiger partial charge in [0.1, 0.15) is 11.2 Å². The van der Waals surface area contributed by atoms with Crippen molar-refractivity contribution in [2.24, 2.45) is 17.4 Å². The van der Waals surface area contributed by atoms with Gasteiger partial charge >= 0.3 is 0 Å². The molecule has 5 rings (SSSR count). The Morgan fingerprint density at radius 2 is 1.78 bits per heavy atom. The molecule has 2 unspecified atom stereocenters. The molecule has 2 heterocycles. The van der Waals surface area contributed by atoms with Gasteiger partial charge in [0.25, 0.3) is 23.5 Å². The number of nitrogens with two attached hydrogens (primary N) is 2. The molecule has 2 atom stereocenters. The van der Waals surface area contributed by atoms with Crippen LogP contribution >= 0.6 is 0 Å². The van der Waals surface area contributed by atoms with Crippen molar-refractivity contribution >= 4 is 29.2 Å². The summed E-state index contributed by atoms with van der Waals surface area (Å²) in [6.45, 7) is 1.41. The summed E-state index contributed by atoms with van der Waals surface area (Å²) in [7, 11) is 0. The predicted octanol–water partition coefficient (Wildman–Crippen LogP) is 1.47. The Kier molecular flexibility index (Phi) is 4.92. The fraction of sp³-hybridized carbons (Fsp3) is 0.391. The van der Waals surface area contributed by atoms with Crippen molar-refractivity contribution in [1.82, 2.24) is 9.88 Å². The van der Waals surface area contributed by atoms with Crippen LogP contribution in [0.3, 0.4) is 0 Å². The lowest BCUT2D eigenvalue weighted by atomic mass is 9.72. The number of primary amides is 1. The van der Waals surface area contributed by atoms with Crippen LogP contribution in [0, 0.1) is 24.5 Å². The van der Waals surface area contributed by atoms with E-state index >= 15 is 0 Å². The minimum Gasteiger partial charge on any atom is -0.368 e. The SMILES string of the molecule is Cc1c(C(=O)Nc2ccc(F)c(F)c2)c2n(c1C(=O)C(=O)NC1(C(N)=O)CC(F)(F)C1)C1(N)CC1C2. The number of fused-ring (bicyclic) bond motifs is 3. The lowest BCUT2D eigenvalue weighted by Gasteiger charge is -2.44. The molecule has 9 nitrogen and oxygen atoms in total. The highest BCUT2D eigenvalue weighted by atomic mass is 19.3. The van der Waals surface area contributed by atoms with Crippen LogP contribution in [0.2, 0.25) is 0 Å². The van der Waals surface area contributed by atoms with Gasteiger partial charge in [0.15, 0.2) is 11.6 Å². The number of nitrogens with zero attached hydrogens (tertiary/aromatic N) is 1. The van der Waals surface area contributed by atoms with Gasteiger partial charge in [-0.05, 0) is 37.5 Å². The first-order valence-corrected chi connectivity index (χ1v) is 11.0. The summed E-state index contributed by atoms with van der Waals surface area (Å²) in [6, 6.07) is 2.78. The highest BCUT2D eigenvalue weighted by Gasteiger charge is 2.63. The molecule has 2 fully saturated rings. The van der Waals surface area contributed by atoms with Gasteiger partial charge in [0.2, 0.25) is 5.91 Å². The summed E-state index contributed by atoms with van der Waals surface area (Å²) in [6.07, 6.45) is -1.27. The molecule has 3 aliphatic rings. The molecule has 0 saturated heterocycles. The number of rotatable bonds is 6. The van der Waals surface area contributed by atoms with Gasteiger partial charge in [-0.25, -0.2) is 17.6 Å². The van der Waals surface area contributed by atoms with Gasteiger partial charge in [0, 0.05) is 36.2 Å². The number of halogens is 4. The molecule has 0 radical (unpaired) electrons. The predicted molar refractivity (Wildman–Crippen MR) is 116 cm³/mol. The van der Waals surface area contributed by atoms with Crippen molar-refractivity contribution in [1.29, 1.82) is 0 Å². The maximum Gasteiger partial charge on any atom is 0.294 e. The van der Waals surface area contributed by atoms with Crippen LogP contribution in [0.5, 0.6) is 0 Å². The Morgan fingerprint density at radius 1 is 1.11 bits per heavy atom. The molecular weight excluding hydrogens is 486 g/mol. The normalized spacial score (nSPS) is 24.2. The monoisotopic (exact) mass is 507 g/mol. The quantitative estimate of drug-likeness (QED) is 0.265. The number of alkyl halides is 2. The van der Waals surface area contributed by atoms with E-state index < -0.39 is 65.1 Å². The fourth-order valence-corrected chi connectivity index (χ4v) is 5.37. The van der Waals surface area contributed by atoms with E-state index in [0.717, 1.165) is 18.2 Å². The van der Waals surface area contributed by atoms with E-state index in [4.69, 9.17) is 11.5 Å². The first-order valence-electron chi connectivity index (χ1n) is 11.0. The number of carbonyl (C=O) groups is 4. The summed E-state index contributed by atoms with van der Waals surface area (Å²) < 4.78 is 55.2. The summed E-state index contributed by atoms with van der Waals surface area (Å²) in [5, 5.41) is 4.50. The van der Waals surface area contributed by atoms with Crippen molar-refractivity contribution in [2.75, 3.05) is 5.32 Å². The number of Topliss-reactive ketones (excluding diaryl/α,β-unsaturated/α-hetero) is 1. The summed E-state index contributed by atoms with van der Waals surface area (Å²) >= 11 is 0. The largest absolute Gasteiger partial charge is 0.368 e. The second-order valence-electron chi connectivity index (χ2n) is 9.75. The molecule has 1 aromatic carbocycles. The summed E-state index contributed by atoms with van der Waals surface area (Å²) in [4.78, 5) is 51.0. The third kappa shape index (κ3) is 3.40. The second kappa shape index (κ2) is 7.38. The molecule has 0 bridgehead atoms. The van der Waals surface area contributed by atoms with Crippen molar-refractivity contribution in [3.63, 3.8) is 0 Å². The van der Waals surface area contributed by atoms with Crippen LogP contribution in [0.25, 0.3) is 0 Å². The molecule has 36 heavy (non-hydrogen) atoms. The minimum absolute atomic E-state index is 0.0349. The Morgan fingerprint density at radius 3 is 2.36 bits per heavy atom.